The molecule has 0 aliphatic carbocycles. The summed E-state index contributed by atoms with van der Waals surface area (Å²) in [6, 6.07) is 5.41. The van der Waals surface area contributed by atoms with E-state index < -0.39 is 16.0 Å². The molecule has 2 fully saturated rings. The summed E-state index contributed by atoms with van der Waals surface area (Å²) in [7, 11) is 0. The van der Waals surface area contributed by atoms with Crippen molar-refractivity contribution in [2.24, 2.45) is 11.0 Å². The van der Waals surface area contributed by atoms with Crippen molar-refractivity contribution in [1.82, 2.24) is 9.80 Å². The van der Waals surface area contributed by atoms with Gasteiger partial charge in [0.1, 0.15) is 5.10 Å². The van der Waals surface area contributed by atoms with Crippen molar-refractivity contribution in [2.75, 3.05) is 26.2 Å². The second-order valence-corrected chi connectivity index (χ2v) is 6.57. The Kier molecular flexibility index (Phi) is 5.68. The summed E-state index contributed by atoms with van der Waals surface area (Å²) in [5.41, 5.74) is -0.378. The molecule has 2 aliphatic heterocycles. The van der Waals surface area contributed by atoms with Gasteiger partial charge in [0.2, 0.25) is 5.75 Å². The first-order valence-corrected chi connectivity index (χ1v) is 8.67. The molecular formula is C16H19N5O7. The molecule has 0 spiro atoms. The molecule has 0 saturated carbocycles. The summed E-state index contributed by atoms with van der Waals surface area (Å²) in [6.07, 6.45) is -0.0419. The molecule has 2 heterocycles. The van der Waals surface area contributed by atoms with Crippen LogP contribution >= 0.6 is 0 Å². The Morgan fingerprint density at radius 3 is 2.71 bits per heavy atom. The van der Waals surface area contributed by atoms with E-state index >= 15 is 0 Å². The molecule has 1 amide bonds. The van der Waals surface area contributed by atoms with Crippen LogP contribution in [0.15, 0.2) is 29.4 Å². The molecule has 28 heavy (non-hydrogen) atoms. The van der Waals surface area contributed by atoms with Gasteiger partial charge in [0.05, 0.1) is 24.2 Å². The number of carbonyl (C=O) groups is 1. The van der Waals surface area contributed by atoms with Crippen molar-refractivity contribution >= 4 is 17.7 Å². The van der Waals surface area contributed by atoms with Gasteiger partial charge in [0.15, 0.2) is 5.03 Å². The molecule has 12 heteroatoms. The minimum absolute atomic E-state index is 0.114. The lowest BCUT2D eigenvalue weighted by Crippen LogP contribution is -2.41. The zero-order chi connectivity index (χ0) is 20.3. The first-order valence-electron chi connectivity index (χ1n) is 8.67. The van der Waals surface area contributed by atoms with Crippen LogP contribution in [0.3, 0.4) is 0 Å². The second-order valence-electron chi connectivity index (χ2n) is 6.57. The highest BCUT2D eigenvalue weighted by molar-refractivity contribution is 5.96. The standard InChI is InChI=1S/C16H19N5O7/c1-11-8-12(10-27-11)9-18-6-7-19(15(18)17-21(25)26)16(22)28-14-5-3-2-4-13(14)20(23)24/h2-5,11-12H,6-10H2,1H3. The number of nitrogens with zero attached hydrogens (tertiary/aromatic N) is 5. The Labute approximate surface area is 159 Å². The predicted octanol–water partition coefficient (Wildman–Crippen LogP) is 1.68. The van der Waals surface area contributed by atoms with Crippen LogP contribution in [0.1, 0.15) is 13.3 Å². The number of nitro groups is 2. The average molecular weight is 393 g/mol. The van der Waals surface area contributed by atoms with Crippen molar-refractivity contribution in [2.45, 2.75) is 19.4 Å². The van der Waals surface area contributed by atoms with E-state index in [-0.39, 0.29) is 36.0 Å². The normalized spacial score (nSPS) is 23.2. The number of rotatable bonds is 5. The molecule has 0 radical (unpaired) electrons. The molecule has 0 bridgehead atoms. The zero-order valence-corrected chi connectivity index (χ0v) is 15.1. The molecule has 1 aromatic rings. The van der Waals surface area contributed by atoms with E-state index in [4.69, 9.17) is 9.47 Å². The summed E-state index contributed by atoms with van der Waals surface area (Å²) in [5, 5.41) is 24.5. The summed E-state index contributed by atoms with van der Waals surface area (Å²) in [6.45, 7) is 3.39. The molecular weight excluding hydrogens is 374 g/mol. The van der Waals surface area contributed by atoms with Crippen LogP contribution in [0.2, 0.25) is 0 Å². The number of nitro benzene ring substituents is 1. The molecule has 1 aromatic carbocycles. The molecule has 2 saturated heterocycles. The van der Waals surface area contributed by atoms with Gasteiger partial charge >= 0.3 is 11.8 Å². The Morgan fingerprint density at radius 1 is 1.32 bits per heavy atom. The lowest BCUT2D eigenvalue weighted by molar-refractivity contribution is -0.486. The number of ether oxygens (including phenoxy) is 2. The van der Waals surface area contributed by atoms with Crippen molar-refractivity contribution in [3.05, 3.63) is 44.5 Å². The highest BCUT2D eigenvalue weighted by Crippen LogP contribution is 2.27. The van der Waals surface area contributed by atoms with E-state index in [1.165, 1.54) is 24.3 Å². The largest absolute Gasteiger partial charge is 0.422 e. The van der Waals surface area contributed by atoms with Gasteiger partial charge < -0.3 is 14.4 Å². The van der Waals surface area contributed by atoms with Crippen LogP contribution in [0, 0.1) is 26.1 Å². The molecule has 2 aliphatic rings. The highest BCUT2D eigenvalue weighted by Gasteiger charge is 2.38. The third kappa shape index (κ3) is 4.34. The van der Waals surface area contributed by atoms with E-state index in [9.17, 15) is 25.0 Å². The molecule has 12 nitrogen and oxygen atoms in total. The molecule has 2 unspecified atom stereocenters. The fraction of sp³-hybridized carbons (Fsp3) is 0.500. The number of hydrogen-bond donors (Lipinski definition) is 0. The Morgan fingerprint density at radius 2 is 2.07 bits per heavy atom. The molecule has 2 atom stereocenters. The smallest absolute Gasteiger partial charge is 0.402 e. The van der Waals surface area contributed by atoms with Crippen LogP contribution < -0.4 is 4.74 Å². The third-order valence-corrected chi connectivity index (χ3v) is 4.53. The van der Waals surface area contributed by atoms with Crippen LogP contribution in [0.5, 0.6) is 5.75 Å². The number of hydrazone groups is 1. The first-order chi connectivity index (χ1) is 13.3. The van der Waals surface area contributed by atoms with E-state index in [1.807, 2.05) is 6.92 Å². The number of para-hydroxylation sites is 2. The van der Waals surface area contributed by atoms with Crippen LogP contribution in [-0.2, 0) is 4.74 Å². The van der Waals surface area contributed by atoms with Gasteiger partial charge in [-0.25, -0.2) is 19.8 Å². The highest BCUT2D eigenvalue weighted by atomic mass is 16.7. The van der Waals surface area contributed by atoms with Gasteiger partial charge in [-0.3, -0.25) is 10.1 Å². The van der Waals surface area contributed by atoms with Crippen molar-refractivity contribution in [3.63, 3.8) is 0 Å². The summed E-state index contributed by atoms with van der Waals surface area (Å²) >= 11 is 0. The molecule has 0 N–H and O–H groups in total. The number of amides is 1. The topological polar surface area (TPSA) is 141 Å². The van der Waals surface area contributed by atoms with Crippen LogP contribution in [0.4, 0.5) is 10.5 Å². The fourth-order valence-corrected chi connectivity index (χ4v) is 3.32. The third-order valence-electron chi connectivity index (χ3n) is 4.53. The number of benzene rings is 1. The van der Waals surface area contributed by atoms with Gasteiger partial charge in [-0.2, -0.15) is 0 Å². The van der Waals surface area contributed by atoms with Crippen LogP contribution in [-0.4, -0.2) is 64.2 Å². The maximum absolute atomic E-state index is 12.5. The lowest BCUT2D eigenvalue weighted by Gasteiger charge is -2.21. The maximum atomic E-state index is 12.5. The summed E-state index contributed by atoms with van der Waals surface area (Å²) in [4.78, 5) is 36.5. The predicted molar refractivity (Wildman–Crippen MR) is 95.3 cm³/mol. The van der Waals surface area contributed by atoms with Gasteiger partial charge in [-0.05, 0) is 19.4 Å². The quantitative estimate of drug-likeness (QED) is 0.543. The minimum atomic E-state index is -0.964. The van der Waals surface area contributed by atoms with Gasteiger partial charge in [0, 0.05) is 25.1 Å². The maximum Gasteiger partial charge on any atom is 0.422 e. The average Bonchev–Trinajstić information content (AvgIpc) is 3.21. The van der Waals surface area contributed by atoms with E-state index in [1.54, 1.807) is 4.90 Å². The minimum Gasteiger partial charge on any atom is -0.402 e. The SMILES string of the molecule is CC1CC(CN2CCN(C(=O)Oc3ccccc3[N+](=O)[O-])C2=N[N+](=O)[O-])CO1. The zero-order valence-electron chi connectivity index (χ0n) is 15.1. The number of hydrogen-bond acceptors (Lipinski definition) is 7. The number of guanidine groups is 1. The van der Waals surface area contributed by atoms with Gasteiger partial charge in [-0.1, -0.05) is 12.1 Å². The van der Waals surface area contributed by atoms with Gasteiger partial charge in [0.25, 0.3) is 5.96 Å². The fourth-order valence-electron chi connectivity index (χ4n) is 3.32. The van der Waals surface area contributed by atoms with Crippen molar-refractivity contribution in [1.29, 1.82) is 0 Å². The van der Waals surface area contributed by atoms with E-state index in [0.717, 1.165) is 11.3 Å². The molecule has 150 valence electrons. The van der Waals surface area contributed by atoms with Gasteiger partial charge in [-0.15, -0.1) is 0 Å². The molecule has 3 rings (SSSR count). The number of carbonyl (C=O) groups excluding carboxylic acids is 1. The molecule has 0 aromatic heterocycles. The van der Waals surface area contributed by atoms with Crippen molar-refractivity contribution < 1.29 is 24.2 Å². The summed E-state index contributed by atoms with van der Waals surface area (Å²) in [5.74, 6) is -0.222. The first kappa shape index (κ1) is 19.5. The van der Waals surface area contributed by atoms with Crippen molar-refractivity contribution in [3.8, 4) is 5.75 Å². The Hall–Kier alpha value is -3.28. The Balaban J connectivity index is 1.76. The van der Waals surface area contributed by atoms with E-state index in [2.05, 4.69) is 5.10 Å². The van der Waals surface area contributed by atoms with Crippen LogP contribution in [0.25, 0.3) is 0 Å². The summed E-state index contributed by atoms with van der Waals surface area (Å²) < 4.78 is 10.6. The lowest BCUT2D eigenvalue weighted by atomic mass is 10.1. The second kappa shape index (κ2) is 8.17. The monoisotopic (exact) mass is 393 g/mol. The van der Waals surface area contributed by atoms with E-state index in [0.29, 0.717) is 19.7 Å². The Bertz CT molecular complexity index is 814.